The first-order valence-electron chi connectivity index (χ1n) is 7.73. The maximum Gasteiger partial charge on any atom is 0.217 e. The maximum absolute atomic E-state index is 12.5. The van der Waals surface area contributed by atoms with E-state index in [-0.39, 0.29) is 5.25 Å². The van der Waals surface area contributed by atoms with Gasteiger partial charge in [-0.15, -0.1) is 10.2 Å². The summed E-state index contributed by atoms with van der Waals surface area (Å²) in [4.78, 5) is 2.18. The first-order chi connectivity index (χ1) is 10.6. The smallest absolute Gasteiger partial charge is 0.217 e. The summed E-state index contributed by atoms with van der Waals surface area (Å²) in [5, 5.41) is 8.77. The molecule has 3 heterocycles. The van der Waals surface area contributed by atoms with Gasteiger partial charge in [0.05, 0.1) is 24.0 Å². The highest BCUT2D eigenvalue weighted by molar-refractivity contribution is 7.90. The average molecular weight is 344 g/mol. The molecule has 22 heavy (non-hydrogen) atoms. The lowest BCUT2D eigenvalue weighted by Crippen LogP contribution is -2.61. The van der Waals surface area contributed by atoms with Crippen molar-refractivity contribution in [2.45, 2.75) is 36.5 Å². The third-order valence-corrected chi connectivity index (χ3v) is 7.77. The summed E-state index contributed by atoms with van der Waals surface area (Å²) >= 11 is 1.51. The Labute approximate surface area is 134 Å². The van der Waals surface area contributed by atoms with Gasteiger partial charge < -0.3 is 9.64 Å². The first-order valence-corrected chi connectivity index (χ1v) is 10.1. The number of aromatic nitrogens is 2. The molecule has 3 aliphatic rings. The molecule has 0 unspecified atom stereocenters. The number of nitrogens with zero attached hydrogens (tertiary/aromatic N) is 4. The Morgan fingerprint density at radius 3 is 2.91 bits per heavy atom. The fourth-order valence-corrected chi connectivity index (χ4v) is 5.90. The van der Waals surface area contributed by atoms with Crippen molar-refractivity contribution in [2.24, 2.45) is 0 Å². The van der Waals surface area contributed by atoms with E-state index in [9.17, 15) is 8.42 Å². The van der Waals surface area contributed by atoms with E-state index in [2.05, 4.69) is 15.1 Å². The zero-order valence-electron chi connectivity index (χ0n) is 12.3. The number of hydrogen-bond acceptors (Lipinski definition) is 7. The Balaban J connectivity index is 1.52. The van der Waals surface area contributed by atoms with Crippen LogP contribution in [0.2, 0.25) is 0 Å². The number of hydrogen-bond donors (Lipinski definition) is 0. The molecular formula is C13H20N4O3S2. The Morgan fingerprint density at radius 2 is 2.18 bits per heavy atom. The summed E-state index contributed by atoms with van der Waals surface area (Å²) in [7, 11) is -3.13. The van der Waals surface area contributed by atoms with E-state index >= 15 is 0 Å². The normalized spacial score (nSPS) is 30.8. The fourth-order valence-electron chi connectivity index (χ4n) is 3.42. The van der Waals surface area contributed by atoms with Crippen molar-refractivity contribution in [2.75, 3.05) is 37.7 Å². The summed E-state index contributed by atoms with van der Waals surface area (Å²) in [6, 6.07) is 0. The van der Waals surface area contributed by atoms with Crippen LogP contribution in [-0.2, 0) is 14.8 Å². The number of anilines is 1. The predicted octanol–water partition coefficient (Wildman–Crippen LogP) is 0.701. The van der Waals surface area contributed by atoms with Crippen LogP contribution >= 0.6 is 11.3 Å². The van der Waals surface area contributed by atoms with E-state index in [0.717, 1.165) is 37.4 Å². The third-order valence-electron chi connectivity index (χ3n) is 4.68. The lowest BCUT2D eigenvalue weighted by molar-refractivity contribution is -0.0950. The molecule has 1 atom stereocenters. The van der Waals surface area contributed by atoms with Crippen LogP contribution in [0.4, 0.5) is 5.13 Å². The third kappa shape index (κ3) is 2.64. The van der Waals surface area contributed by atoms with Crippen molar-refractivity contribution in [3.8, 4) is 0 Å². The summed E-state index contributed by atoms with van der Waals surface area (Å²) in [6.45, 7) is 3.06. The molecule has 1 aromatic rings. The number of ether oxygens (including phenoxy) is 1. The Kier molecular flexibility index (Phi) is 3.63. The highest BCUT2D eigenvalue weighted by Gasteiger charge is 2.47. The molecule has 1 saturated carbocycles. The number of rotatable bonds is 3. The summed E-state index contributed by atoms with van der Waals surface area (Å²) in [5.41, 5.74) is 1.33. The molecule has 0 N–H and O–H groups in total. The average Bonchev–Trinajstić information content (AvgIpc) is 3.24. The van der Waals surface area contributed by atoms with Gasteiger partial charge in [0.25, 0.3) is 0 Å². The molecule has 0 aromatic carbocycles. The first kappa shape index (κ1) is 14.8. The van der Waals surface area contributed by atoms with Crippen LogP contribution in [0.15, 0.2) is 5.51 Å². The Bertz CT molecular complexity index is 628. The fraction of sp³-hybridized carbons (Fsp3) is 0.846. The SMILES string of the molecule is O=S(=O)(C1CC1)N1CCO[C@]2(CCCN(c3nncs3)C2)C1. The van der Waals surface area contributed by atoms with Crippen molar-refractivity contribution in [1.82, 2.24) is 14.5 Å². The van der Waals surface area contributed by atoms with Gasteiger partial charge in [-0.3, -0.25) is 0 Å². The van der Waals surface area contributed by atoms with Gasteiger partial charge in [-0.25, -0.2) is 8.42 Å². The van der Waals surface area contributed by atoms with E-state index in [1.54, 1.807) is 9.82 Å². The van der Waals surface area contributed by atoms with Crippen molar-refractivity contribution < 1.29 is 13.2 Å². The van der Waals surface area contributed by atoms with Crippen molar-refractivity contribution in [1.29, 1.82) is 0 Å². The van der Waals surface area contributed by atoms with Gasteiger partial charge in [-0.05, 0) is 25.7 Å². The van der Waals surface area contributed by atoms with E-state index in [4.69, 9.17) is 4.74 Å². The number of piperidine rings is 1. The minimum atomic E-state index is -3.13. The molecule has 7 nitrogen and oxygen atoms in total. The van der Waals surface area contributed by atoms with Crippen LogP contribution < -0.4 is 4.90 Å². The van der Waals surface area contributed by atoms with Crippen molar-refractivity contribution in [3.63, 3.8) is 0 Å². The molecule has 0 bridgehead atoms. The molecule has 0 radical (unpaired) electrons. The second-order valence-corrected chi connectivity index (χ2v) is 9.38. The topological polar surface area (TPSA) is 75.6 Å². The standard InChI is InChI=1S/C13H20N4O3S2/c18-22(19,11-2-3-11)17-6-7-20-13(9-17)4-1-5-16(8-13)12-15-14-10-21-12/h10-11H,1-9H2/t13-/m0/s1. The monoisotopic (exact) mass is 344 g/mol. The highest BCUT2D eigenvalue weighted by Crippen LogP contribution is 2.36. The second kappa shape index (κ2) is 5.40. The van der Waals surface area contributed by atoms with Gasteiger partial charge in [0.1, 0.15) is 5.51 Å². The predicted molar refractivity (Wildman–Crippen MR) is 83.6 cm³/mol. The minimum absolute atomic E-state index is 0.148. The molecule has 1 aliphatic carbocycles. The summed E-state index contributed by atoms with van der Waals surface area (Å²) < 4.78 is 32.8. The highest BCUT2D eigenvalue weighted by atomic mass is 32.2. The van der Waals surface area contributed by atoms with E-state index in [0.29, 0.717) is 26.2 Å². The summed E-state index contributed by atoms with van der Waals surface area (Å²) in [6.07, 6.45) is 3.50. The molecule has 122 valence electrons. The molecule has 9 heteroatoms. The van der Waals surface area contributed by atoms with E-state index in [1.807, 2.05) is 0 Å². The van der Waals surface area contributed by atoms with Gasteiger partial charge >= 0.3 is 0 Å². The van der Waals surface area contributed by atoms with E-state index < -0.39 is 15.6 Å². The van der Waals surface area contributed by atoms with Gasteiger partial charge in [0.2, 0.25) is 15.2 Å². The zero-order chi connectivity index (χ0) is 15.2. The second-order valence-electron chi connectivity index (χ2n) is 6.36. The van der Waals surface area contributed by atoms with Gasteiger partial charge in [-0.2, -0.15) is 4.31 Å². The van der Waals surface area contributed by atoms with Crippen molar-refractivity contribution >= 4 is 26.5 Å². The van der Waals surface area contributed by atoms with Crippen LogP contribution in [0.1, 0.15) is 25.7 Å². The van der Waals surface area contributed by atoms with Gasteiger partial charge in [-0.1, -0.05) is 11.3 Å². The van der Waals surface area contributed by atoms with Crippen LogP contribution in [0.3, 0.4) is 0 Å². The number of morpholine rings is 1. The maximum atomic E-state index is 12.5. The molecular weight excluding hydrogens is 324 g/mol. The van der Waals surface area contributed by atoms with Crippen LogP contribution in [0.5, 0.6) is 0 Å². The van der Waals surface area contributed by atoms with Crippen LogP contribution in [0.25, 0.3) is 0 Å². The van der Waals surface area contributed by atoms with Gasteiger partial charge in [0.15, 0.2) is 0 Å². The van der Waals surface area contributed by atoms with E-state index in [1.165, 1.54) is 11.3 Å². The minimum Gasteiger partial charge on any atom is -0.370 e. The lowest BCUT2D eigenvalue weighted by atomic mass is 9.92. The molecule has 0 amide bonds. The molecule has 3 fully saturated rings. The zero-order valence-corrected chi connectivity index (χ0v) is 14.0. The number of sulfonamides is 1. The quantitative estimate of drug-likeness (QED) is 0.803. The molecule has 1 aromatic heterocycles. The lowest BCUT2D eigenvalue weighted by Gasteiger charge is -2.47. The Morgan fingerprint density at radius 1 is 1.32 bits per heavy atom. The largest absolute Gasteiger partial charge is 0.370 e. The Hall–Kier alpha value is -0.770. The summed E-state index contributed by atoms with van der Waals surface area (Å²) in [5.74, 6) is 0. The van der Waals surface area contributed by atoms with Crippen molar-refractivity contribution in [3.05, 3.63) is 5.51 Å². The van der Waals surface area contributed by atoms with Crippen LogP contribution in [-0.4, -0.2) is 66.6 Å². The molecule has 4 rings (SSSR count). The molecule has 1 spiro atoms. The molecule has 2 saturated heterocycles. The van der Waals surface area contributed by atoms with Crippen LogP contribution in [0, 0.1) is 0 Å². The van der Waals surface area contributed by atoms with Gasteiger partial charge in [0, 0.05) is 19.6 Å². The molecule has 2 aliphatic heterocycles.